The van der Waals surface area contributed by atoms with Crippen LogP contribution >= 0.6 is 0 Å². The summed E-state index contributed by atoms with van der Waals surface area (Å²) in [7, 11) is 0. The molecule has 0 N–H and O–H groups in total. The summed E-state index contributed by atoms with van der Waals surface area (Å²) >= 11 is 0. The average molecular weight is 190 g/mol. The summed E-state index contributed by atoms with van der Waals surface area (Å²) in [6.45, 7) is 8.26. The van der Waals surface area contributed by atoms with Crippen molar-refractivity contribution in [2.24, 2.45) is 0 Å². The zero-order valence-electron chi connectivity index (χ0n) is 9.41. The third-order valence-corrected chi connectivity index (χ3v) is 2.22. The van der Waals surface area contributed by atoms with E-state index in [0.29, 0.717) is 0 Å². The Balaban J connectivity index is 0.000000461. The topological polar surface area (TPSA) is 17.3 Å². The molecule has 0 aliphatic carbocycles. The molecule has 0 saturated carbocycles. The van der Waals surface area contributed by atoms with Gasteiger partial charge in [0.25, 0.3) is 0 Å². The van der Waals surface area contributed by atoms with Crippen LogP contribution in [0.5, 0.6) is 0 Å². The highest BCUT2D eigenvalue weighted by Crippen LogP contribution is 2.13. The van der Waals surface area contributed by atoms with Crippen molar-refractivity contribution in [1.29, 1.82) is 0 Å². The Morgan fingerprint density at radius 2 is 2.00 bits per heavy atom. The Kier molecular flexibility index (Phi) is 3.69. The second-order valence-corrected chi connectivity index (χ2v) is 2.96. The van der Waals surface area contributed by atoms with Crippen molar-refractivity contribution in [3.8, 4) is 0 Å². The van der Waals surface area contributed by atoms with Gasteiger partial charge in [0.1, 0.15) is 0 Å². The van der Waals surface area contributed by atoms with Crippen molar-refractivity contribution >= 4 is 5.52 Å². The van der Waals surface area contributed by atoms with E-state index in [1.807, 2.05) is 36.7 Å². The molecule has 2 aromatic rings. The van der Waals surface area contributed by atoms with E-state index in [1.54, 1.807) is 0 Å². The Labute approximate surface area is 85.6 Å². The molecule has 0 saturated heterocycles. The third kappa shape index (κ3) is 1.79. The van der Waals surface area contributed by atoms with Crippen LogP contribution in [-0.4, -0.2) is 9.61 Å². The molecule has 0 radical (unpaired) electrons. The number of pyridine rings is 1. The minimum Gasteiger partial charge on any atom is -0.240 e. The van der Waals surface area contributed by atoms with Crippen molar-refractivity contribution in [3.63, 3.8) is 0 Å². The van der Waals surface area contributed by atoms with Gasteiger partial charge in [0.15, 0.2) is 0 Å². The summed E-state index contributed by atoms with van der Waals surface area (Å²) in [6, 6.07) is 6.14. The maximum atomic E-state index is 4.45. The van der Waals surface area contributed by atoms with Gasteiger partial charge in [0.2, 0.25) is 0 Å². The van der Waals surface area contributed by atoms with Gasteiger partial charge in [-0.15, -0.1) is 0 Å². The Morgan fingerprint density at radius 3 is 2.57 bits per heavy atom. The quantitative estimate of drug-likeness (QED) is 0.675. The first-order valence-corrected chi connectivity index (χ1v) is 5.25. The molecule has 2 heterocycles. The van der Waals surface area contributed by atoms with Gasteiger partial charge in [0.05, 0.1) is 11.2 Å². The highest BCUT2D eigenvalue weighted by Gasteiger charge is 2.04. The van der Waals surface area contributed by atoms with Gasteiger partial charge in [0, 0.05) is 6.20 Å². The summed E-state index contributed by atoms with van der Waals surface area (Å²) in [6.07, 6.45) is 3.00. The molecule has 0 atom stereocenters. The maximum Gasteiger partial charge on any atom is 0.0693 e. The third-order valence-electron chi connectivity index (χ3n) is 2.22. The normalized spacial score (nSPS) is 9.71. The predicted molar refractivity (Wildman–Crippen MR) is 60.7 cm³/mol. The van der Waals surface area contributed by atoms with Crippen LogP contribution in [0.15, 0.2) is 24.4 Å². The molecule has 14 heavy (non-hydrogen) atoms. The number of hydrogen-bond acceptors (Lipinski definition) is 1. The number of fused-ring (bicyclic) bond motifs is 1. The lowest BCUT2D eigenvalue weighted by Gasteiger charge is -1.90. The lowest BCUT2D eigenvalue weighted by Crippen LogP contribution is -1.85. The standard InChI is InChI=1S/C10H12N2.C2H6/c1-3-9-8(2)10-6-4-5-7-12(10)11-9;1-2/h4-7H,3H2,1-2H3;1-2H3. The lowest BCUT2D eigenvalue weighted by atomic mass is 10.2. The molecule has 0 aromatic carbocycles. The van der Waals surface area contributed by atoms with Crippen LogP contribution in [0.1, 0.15) is 32.0 Å². The van der Waals surface area contributed by atoms with E-state index in [1.165, 1.54) is 16.8 Å². The van der Waals surface area contributed by atoms with E-state index < -0.39 is 0 Å². The average Bonchev–Trinajstić information content (AvgIpc) is 2.59. The van der Waals surface area contributed by atoms with E-state index in [9.17, 15) is 0 Å². The zero-order valence-corrected chi connectivity index (χ0v) is 9.41. The summed E-state index contributed by atoms with van der Waals surface area (Å²) in [5, 5.41) is 4.45. The van der Waals surface area contributed by atoms with Crippen LogP contribution < -0.4 is 0 Å². The number of aromatic nitrogens is 2. The van der Waals surface area contributed by atoms with Gasteiger partial charge in [-0.05, 0) is 31.0 Å². The van der Waals surface area contributed by atoms with Crippen LogP contribution in [0.3, 0.4) is 0 Å². The van der Waals surface area contributed by atoms with Crippen molar-refractivity contribution in [2.75, 3.05) is 0 Å². The SMILES string of the molecule is CC.CCc1nn2ccccc2c1C. The molecule has 0 unspecified atom stereocenters. The van der Waals surface area contributed by atoms with Crippen molar-refractivity contribution in [3.05, 3.63) is 35.7 Å². The van der Waals surface area contributed by atoms with Crippen molar-refractivity contribution < 1.29 is 0 Å². The van der Waals surface area contributed by atoms with Gasteiger partial charge in [-0.3, -0.25) is 0 Å². The highest BCUT2D eigenvalue weighted by atomic mass is 15.2. The highest BCUT2D eigenvalue weighted by molar-refractivity contribution is 5.55. The van der Waals surface area contributed by atoms with E-state index in [-0.39, 0.29) is 0 Å². The molecule has 0 bridgehead atoms. The minimum atomic E-state index is 1.01. The first-order valence-electron chi connectivity index (χ1n) is 5.25. The summed E-state index contributed by atoms with van der Waals surface area (Å²) in [5.41, 5.74) is 3.72. The van der Waals surface area contributed by atoms with Gasteiger partial charge in [-0.25, -0.2) is 4.52 Å². The molecule has 0 fully saturated rings. The molecule has 0 amide bonds. The van der Waals surface area contributed by atoms with Crippen molar-refractivity contribution in [1.82, 2.24) is 9.61 Å². The van der Waals surface area contributed by atoms with E-state index in [2.05, 4.69) is 25.0 Å². The van der Waals surface area contributed by atoms with E-state index in [0.717, 1.165) is 6.42 Å². The number of aryl methyl sites for hydroxylation is 2. The minimum absolute atomic E-state index is 1.01. The van der Waals surface area contributed by atoms with Crippen LogP contribution in [-0.2, 0) is 6.42 Å². The summed E-state index contributed by atoms with van der Waals surface area (Å²) in [4.78, 5) is 0. The molecule has 0 spiro atoms. The lowest BCUT2D eigenvalue weighted by molar-refractivity contribution is 0.895. The second-order valence-electron chi connectivity index (χ2n) is 2.96. The summed E-state index contributed by atoms with van der Waals surface area (Å²) < 4.78 is 1.94. The molecule has 0 aliphatic rings. The second kappa shape index (κ2) is 4.80. The molecule has 2 heteroatoms. The summed E-state index contributed by atoms with van der Waals surface area (Å²) in [5.74, 6) is 0. The van der Waals surface area contributed by atoms with Crippen LogP contribution in [0, 0.1) is 6.92 Å². The smallest absolute Gasteiger partial charge is 0.0693 e. The Hall–Kier alpha value is -1.31. The van der Waals surface area contributed by atoms with Crippen LogP contribution in [0.4, 0.5) is 0 Å². The molecule has 0 aliphatic heterocycles. The van der Waals surface area contributed by atoms with Gasteiger partial charge in [-0.2, -0.15) is 5.10 Å². The first-order chi connectivity index (χ1) is 6.83. The number of rotatable bonds is 1. The van der Waals surface area contributed by atoms with Crippen LogP contribution in [0.2, 0.25) is 0 Å². The molecule has 76 valence electrons. The predicted octanol–water partition coefficient (Wildman–Crippen LogP) is 3.23. The van der Waals surface area contributed by atoms with E-state index >= 15 is 0 Å². The fourth-order valence-electron chi connectivity index (χ4n) is 1.51. The fourth-order valence-corrected chi connectivity index (χ4v) is 1.51. The van der Waals surface area contributed by atoms with E-state index in [4.69, 9.17) is 0 Å². The largest absolute Gasteiger partial charge is 0.240 e. The monoisotopic (exact) mass is 190 g/mol. The zero-order chi connectivity index (χ0) is 10.6. The molecular weight excluding hydrogens is 172 g/mol. The molecule has 2 aromatic heterocycles. The molecule has 2 nitrogen and oxygen atoms in total. The van der Waals surface area contributed by atoms with Crippen molar-refractivity contribution in [2.45, 2.75) is 34.1 Å². The number of nitrogens with zero attached hydrogens (tertiary/aromatic N) is 2. The van der Waals surface area contributed by atoms with Crippen LogP contribution in [0.25, 0.3) is 5.52 Å². The Bertz CT molecular complexity index is 402. The Morgan fingerprint density at radius 1 is 1.29 bits per heavy atom. The maximum absolute atomic E-state index is 4.45. The van der Waals surface area contributed by atoms with Gasteiger partial charge in [-0.1, -0.05) is 26.8 Å². The fraction of sp³-hybridized carbons (Fsp3) is 0.417. The first kappa shape index (κ1) is 10.8. The number of hydrogen-bond donors (Lipinski definition) is 0. The van der Waals surface area contributed by atoms with Gasteiger partial charge < -0.3 is 0 Å². The molecular formula is C12H18N2. The molecule has 2 rings (SSSR count). The van der Waals surface area contributed by atoms with Gasteiger partial charge >= 0.3 is 0 Å².